The highest BCUT2D eigenvalue weighted by Crippen LogP contribution is 2.11. The van der Waals surface area contributed by atoms with E-state index >= 15 is 0 Å². The predicted octanol–water partition coefficient (Wildman–Crippen LogP) is 2.63. The third-order valence-electron chi connectivity index (χ3n) is 4.73. The molecule has 0 aliphatic heterocycles. The van der Waals surface area contributed by atoms with E-state index in [0.717, 1.165) is 16.9 Å². The lowest BCUT2D eigenvalue weighted by molar-refractivity contribution is -0.158. The van der Waals surface area contributed by atoms with E-state index in [0.29, 0.717) is 6.54 Å². The molecule has 2 N–H and O–H groups in total. The van der Waals surface area contributed by atoms with Crippen LogP contribution in [0.25, 0.3) is 0 Å². The molecule has 0 aliphatic carbocycles. The van der Waals surface area contributed by atoms with Gasteiger partial charge in [0.2, 0.25) is 5.91 Å². The number of amides is 2. The molecule has 2 atom stereocenters. The number of ether oxygens (including phenoxy) is 2. The molecule has 0 fully saturated rings. The zero-order chi connectivity index (χ0) is 22.8. The van der Waals surface area contributed by atoms with Gasteiger partial charge in [0.05, 0.1) is 13.5 Å². The number of carbonyl (C=O) groups is 3. The summed E-state index contributed by atoms with van der Waals surface area (Å²) in [7, 11) is 1.58. The van der Waals surface area contributed by atoms with E-state index in [1.54, 1.807) is 19.2 Å². The van der Waals surface area contributed by atoms with Gasteiger partial charge in [0.15, 0.2) is 6.10 Å². The van der Waals surface area contributed by atoms with Crippen molar-refractivity contribution in [3.8, 4) is 5.75 Å². The number of carbonyl (C=O) groups excluding carboxylic acids is 3. The van der Waals surface area contributed by atoms with Crippen LogP contribution >= 0.6 is 0 Å². The van der Waals surface area contributed by atoms with Gasteiger partial charge in [-0.2, -0.15) is 0 Å². The first-order valence-corrected chi connectivity index (χ1v) is 10.2. The van der Waals surface area contributed by atoms with Gasteiger partial charge in [0.1, 0.15) is 11.8 Å². The molecule has 2 amide bonds. The Bertz CT molecular complexity index is 865. The van der Waals surface area contributed by atoms with Crippen molar-refractivity contribution in [1.82, 2.24) is 10.6 Å². The SMILES string of the molecule is COc1ccc(CNC(=O)C(C)OC(=O)[C@@H](NC(=O)Cc2ccccc2)C(C)C)cc1. The molecule has 2 aromatic carbocycles. The van der Waals surface area contributed by atoms with Crippen LogP contribution in [0.15, 0.2) is 54.6 Å². The molecule has 0 bridgehead atoms. The zero-order valence-electron chi connectivity index (χ0n) is 18.4. The maximum atomic E-state index is 12.6. The molecule has 0 aromatic heterocycles. The van der Waals surface area contributed by atoms with Crippen molar-refractivity contribution in [2.75, 3.05) is 7.11 Å². The van der Waals surface area contributed by atoms with Crippen LogP contribution in [-0.2, 0) is 32.1 Å². The molecular weight excluding hydrogens is 396 g/mol. The van der Waals surface area contributed by atoms with E-state index < -0.39 is 24.0 Å². The van der Waals surface area contributed by atoms with E-state index in [9.17, 15) is 14.4 Å². The highest BCUT2D eigenvalue weighted by Gasteiger charge is 2.28. The van der Waals surface area contributed by atoms with Crippen LogP contribution in [0.1, 0.15) is 31.9 Å². The Kier molecular flexibility index (Phi) is 9.06. The maximum absolute atomic E-state index is 12.6. The number of esters is 1. The molecule has 0 heterocycles. The van der Waals surface area contributed by atoms with Crippen molar-refractivity contribution in [1.29, 1.82) is 0 Å². The Labute approximate surface area is 183 Å². The Hall–Kier alpha value is -3.35. The van der Waals surface area contributed by atoms with Crippen molar-refractivity contribution >= 4 is 17.8 Å². The first-order valence-electron chi connectivity index (χ1n) is 10.2. The standard InChI is InChI=1S/C24H30N2O5/c1-16(2)22(26-21(27)14-18-8-6-5-7-9-18)24(29)31-17(3)23(28)25-15-19-10-12-20(30-4)13-11-19/h5-13,16-17,22H,14-15H2,1-4H3,(H,25,28)(H,26,27)/t17?,22-/m0/s1. The highest BCUT2D eigenvalue weighted by atomic mass is 16.5. The molecule has 0 radical (unpaired) electrons. The number of rotatable bonds is 10. The van der Waals surface area contributed by atoms with Crippen LogP contribution in [0.5, 0.6) is 5.75 Å². The topological polar surface area (TPSA) is 93.7 Å². The maximum Gasteiger partial charge on any atom is 0.329 e. The average molecular weight is 427 g/mol. The Balaban J connectivity index is 1.86. The van der Waals surface area contributed by atoms with Crippen LogP contribution in [-0.4, -0.2) is 37.0 Å². The van der Waals surface area contributed by atoms with E-state index in [1.807, 2.05) is 56.3 Å². The van der Waals surface area contributed by atoms with Crippen molar-refractivity contribution in [2.45, 2.75) is 45.9 Å². The van der Waals surface area contributed by atoms with E-state index in [4.69, 9.17) is 9.47 Å². The zero-order valence-corrected chi connectivity index (χ0v) is 18.4. The fourth-order valence-corrected chi connectivity index (χ4v) is 2.88. The van der Waals surface area contributed by atoms with Crippen LogP contribution in [0.2, 0.25) is 0 Å². The first-order chi connectivity index (χ1) is 14.8. The second-order valence-corrected chi connectivity index (χ2v) is 7.60. The Morgan fingerprint density at radius 3 is 2.13 bits per heavy atom. The monoisotopic (exact) mass is 426 g/mol. The van der Waals surface area contributed by atoms with Gasteiger partial charge in [-0.25, -0.2) is 4.79 Å². The number of benzene rings is 2. The minimum absolute atomic E-state index is 0.162. The molecule has 2 rings (SSSR count). The van der Waals surface area contributed by atoms with Crippen molar-refractivity contribution in [2.24, 2.45) is 5.92 Å². The number of hydrogen-bond donors (Lipinski definition) is 2. The van der Waals surface area contributed by atoms with Crippen LogP contribution in [0.3, 0.4) is 0 Å². The quantitative estimate of drug-likeness (QED) is 0.570. The van der Waals surface area contributed by atoms with Gasteiger partial charge >= 0.3 is 5.97 Å². The van der Waals surface area contributed by atoms with E-state index in [-0.39, 0.29) is 18.2 Å². The summed E-state index contributed by atoms with van der Waals surface area (Å²) in [6, 6.07) is 15.7. The largest absolute Gasteiger partial charge is 0.497 e. The van der Waals surface area contributed by atoms with Gasteiger partial charge in [0.25, 0.3) is 5.91 Å². The van der Waals surface area contributed by atoms with E-state index in [2.05, 4.69) is 10.6 Å². The van der Waals surface area contributed by atoms with Crippen LogP contribution in [0, 0.1) is 5.92 Å². The summed E-state index contributed by atoms with van der Waals surface area (Å²) in [5, 5.41) is 5.46. The molecule has 166 valence electrons. The second-order valence-electron chi connectivity index (χ2n) is 7.60. The third kappa shape index (κ3) is 7.77. The smallest absolute Gasteiger partial charge is 0.329 e. The summed E-state index contributed by atoms with van der Waals surface area (Å²) in [5.74, 6) is -0.794. The van der Waals surface area contributed by atoms with Gasteiger partial charge in [-0.1, -0.05) is 56.3 Å². The number of nitrogens with one attached hydrogen (secondary N) is 2. The molecule has 0 aliphatic rings. The predicted molar refractivity (Wildman–Crippen MR) is 117 cm³/mol. The second kappa shape index (κ2) is 11.7. The summed E-state index contributed by atoms with van der Waals surface area (Å²) >= 11 is 0. The average Bonchev–Trinajstić information content (AvgIpc) is 2.76. The lowest BCUT2D eigenvalue weighted by Crippen LogP contribution is -2.48. The first kappa shape index (κ1) is 23.9. The Morgan fingerprint density at radius 2 is 1.55 bits per heavy atom. The molecule has 31 heavy (non-hydrogen) atoms. The summed E-state index contributed by atoms with van der Waals surface area (Å²) in [6.45, 7) is 5.42. The van der Waals surface area contributed by atoms with Crippen molar-refractivity contribution < 1.29 is 23.9 Å². The fraction of sp³-hybridized carbons (Fsp3) is 0.375. The fourth-order valence-electron chi connectivity index (χ4n) is 2.88. The summed E-state index contributed by atoms with van der Waals surface area (Å²) in [4.78, 5) is 37.3. The molecular formula is C24H30N2O5. The summed E-state index contributed by atoms with van der Waals surface area (Å²) in [5.41, 5.74) is 1.74. The summed E-state index contributed by atoms with van der Waals surface area (Å²) in [6.07, 6.45) is -0.826. The summed E-state index contributed by atoms with van der Waals surface area (Å²) < 4.78 is 10.4. The lowest BCUT2D eigenvalue weighted by atomic mass is 10.0. The normalized spacial score (nSPS) is 12.5. The minimum Gasteiger partial charge on any atom is -0.497 e. The number of hydrogen-bond acceptors (Lipinski definition) is 5. The number of methoxy groups -OCH3 is 1. The molecule has 2 aromatic rings. The van der Waals surface area contributed by atoms with E-state index in [1.165, 1.54) is 6.92 Å². The molecule has 0 saturated carbocycles. The van der Waals surface area contributed by atoms with Gasteiger partial charge in [-0.3, -0.25) is 9.59 Å². The molecule has 0 spiro atoms. The third-order valence-corrected chi connectivity index (χ3v) is 4.73. The lowest BCUT2D eigenvalue weighted by Gasteiger charge is -2.23. The van der Waals surface area contributed by atoms with Crippen LogP contribution in [0.4, 0.5) is 0 Å². The van der Waals surface area contributed by atoms with Crippen LogP contribution < -0.4 is 15.4 Å². The highest BCUT2D eigenvalue weighted by molar-refractivity contribution is 5.88. The van der Waals surface area contributed by atoms with Gasteiger partial charge in [0, 0.05) is 6.54 Å². The molecule has 7 nitrogen and oxygen atoms in total. The molecule has 1 unspecified atom stereocenters. The molecule has 7 heteroatoms. The van der Waals surface area contributed by atoms with Crippen molar-refractivity contribution in [3.05, 3.63) is 65.7 Å². The van der Waals surface area contributed by atoms with Gasteiger partial charge in [-0.15, -0.1) is 0 Å². The Morgan fingerprint density at radius 1 is 0.903 bits per heavy atom. The van der Waals surface area contributed by atoms with Gasteiger partial charge in [-0.05, 0) is 36.1 Å². The van der Waals surface area contributed by atoms with Gasteiger partial charge < -0.3 is 20.1 Å². The molecule has 0 saturated heterocycles. The minimum atomic E-state index is -0.988. The van der Waals surface area contributed by atoms with Crippen molar-refractivity contribution in [3.63, 3.8) is 0 Å².